The van der Waals surface area contributed by atoms with Gasteiger partial charge < -0.3 is 4.43 Å². The summed E-state index contributed by atoms with van der Waals surface area (Å²) < 4.78 is 6.01. The molecular weight excluding hydrogens is 192 g/mol. The van der Waals surface area contributed by atoms with Crippen molar-refractivity contribution in [2.45, 2.75) is 33.5 Å². The molecule has 1 aliphatic rings. The van der Waals surface area contributed by atoms with E-state index in [9.17, 15) is 0 Å². The number of rotatable bonds is 2. The Balaban J connectivity index is 2.85. The first-order valence-corrected chi connectivity index (χ1v) is 9.23. The Morgan fingerprint density at radius 1 is 1.31 bits per heavy atom. The molecule has 0 radical (unpaired) electrons. The van der Waals surface area contributed by atoms with Crippen molar-refractivity contribution >= 4 is 18.6 Å². The van der Waals surface area contributed by atoms with Crippen molar-refractivity contribution in [3.8, 4) is 0 Å². The Kier molecular flexibility index (Phi) is 2.60. The van der Waals surface area contributed by atoms with Gasteiger partial charge in [-0.05, 0) is 30.9 Å². The van der Waals surface area contributed by atoms with Gasteiger partial charge >= 0.3 is 0 Å². The molecule has 0 aliphatic heterocycles. The van der Waals surface area contributed by atoms with E-state index < -0.39 is 8.32 Å². The van der Waals surface area contributed by atoms with Crippen LogP contribution in [0.15, 0.2) is 23.1 Å². The highest BCUT2D eigenvalue weighted by molar-refractivity contribution is 6.70. The first-order chi connectivity index (χ1) is 5.72. The average Bonchev–Trinajstić information content (AvgIpc) is 2.13. The third-order valence-electron chi connectivity index (χ3n) is 2.40. The minimum atomic E-state index is -1.41. The second-order valence-corrected chi connectivity index (χ2v) is 10.7. The zero-order valence-corrected chi connectivity index (χ0v) is 12.6. The molecule has 0 aromatic heterocycles. The Bertz CT molecular complexity index is 269. The average molecular weight is 212 g/mol. The van der Waals surface area contributed by atoms with E-state index in [1.165, 1.54) is 5.20 Å². The number of hydrogen-bond acceptors (Lipinski definition) is 1. The molecule has 13 heavy (non-hydrogen) atoms. The van der Waals surface area contributed by atoms with Crippen molar-refractivity contribution in [1.29, 1.82) is 0 Å². The molecule has 0 spiro atoms. The zero-order valence-electron chi connectivity index (χ0n) is 9.56. The molecule has 0 saturated carbocycles. The molecule has 0 amide bonds. The second kappa shape index (κ2) is 3.13. The lowest BCUT2D eigenvalue weighted by Gasteiger charge is -2.23. The molecule has 0 aromatic carbocycles. The maximum absolute atomic E-state index is 6.01. The van der Waals surface area contributed by atoms with Gasteiger partial charge in [-0.25, -0.2) is 0 Å². The van der Waals surface area contributed by atoms with Gasteiger partial charge in [0.25, 0.3) is 0 Å². The van der Waals surface area contributed by atoms with Gasteiger partial charge in [0.1, 0.15) is 0 Å². The summed E-state index contributed by atoms with van der Waals surface area (Å²) in [6, 6.07) is 0. The minimum Gasteiger partial charge on any atom is -0.545 e. The Labute approximate surface area is 85.4 Å². The molecule has 1 rings (SSSR count). The molecule has 0 heterocycles. The molecule has 1 aliphatic carbocycles. The summed E-state index contributed by atoms with van der Waals surface area (Å²) in [5.41, 5.74) is 0.251. The van der Waals surface area contributed by atoms with Crippen LogP contribution in [0.2, 0.25) is 19.6 Å². The molecule has 0 bridgehead atoms. The zero-order chi connectivity index (χ0) is 10.3. The molecule has 1 nitrogen and oxygen atoms in total. The van der Waals surface area contributed by atoms with Crippen LogP contribution in [0.3, 0.4) is 0 Å². The van der Waals surface area contributed by atoms with Crippen LogP contribution in [0.1, 0.15) is 13.8 Å². The van der Waals surface area contributed by atoms with Gasteiger partial charge in [-0.3, -0.25) is 0 Å². The van der Waals surface area contributed by atoms with Crippen LogP contribution >= 0.6 is 0 Å². The van der Waals surface area contributed by atoms with Crippen LogP contribution in [0.25, 0.3) is 0 Å². The smallest absolute Gasteiger partial charge is 0.242 e. The standard InChI is InChI=1S/C10H20OSi2/c1-10(2)7-6-8(9(10)12)11-13(3,4)5/h6-7H,1-5,12H3. The van der Waals surface area contributed by atoms with Crippen molar-refractivity contribution in [3.63, 3.8) is 0 Å². The molecule has 0 saturated heterocycles. The number of allylic oxidation sites excluding steroid dienone is 3. The van der Waals surface area contributed by atoms with Gasteiger partial charge in [0.15, 0.2) is 0 Å². The van der Waals surface area contributed by atoms with E-state index in [1.54, 1.807) is 0 Å². The van der Waals surface area contributed by atoms with Gasteiger partial charge in [0, 0.05) is 15.7 Å². The lowest BCUT2D eigenvalue weighted by molar-refractivity contribution is 0.433. The third kappa shape index (κ3) is 2.58. The summed E-state index contributed by atoms with van der Waals surface area (Å²) in [4.78, 5) is 0. The predicted molar refractivity (Wildman–Crippen MR) is 64.3 cm³/mol. The van der Waals surface area contributed by atoms with E-state index in [2.05, 4.69) is 45.6 Å². The minimum absolute atomic E-state index is 0.251. The normalized spacial score (nSPS) is 21.3. The molecule has 74 valence electrons. The Morgan fingerprint density at radius 2 is 1.85 bits per heavy atom. The van der Waals surface area contributed by atoms with Crippen LogP contribution in [-0.2, 0) is 4.43 Å². The maximum Gasteiger partial charge on any atom is 0.242 e. The van der Waals surface area contributed by atoms with Crippen molar-refractivity contribution in [3.05, 3.63) is 23.1 Å². The fourth-order valence-electron chi connectivity index (χ4n) is 1.29. The van der Waals surface area contributed by atoms with E-state index in [1.807, 2.05) is 0 Å². The lowest BCUT2D eigenvalue weighted by Crippen LogP contribution is -2.25. The summed E-state index contributed by atoms with van der Waals surface area (Å²) in [5, 5.41) is 1.50. The Hall–Kier alpha value is -0.286. The monoisotopic (exact) mass is 212 g/mol. The van der Waals surface area contributed by atoms with Gasteiger partial charge in [0.2, 0.25) is 8.32 Å². The lowest BCUT2D eigenvalue weighted by atomic mass is 9.96. The molecule has 0 atom stereocenters. The third-order valence-corrected chi connectivity index (χ3v) is 5.02. The fourth-order valence-corrected chi connectivity index (χ4v) is 2.81. The summed E-state index contributed by atoms with van der Waals surface area (Å²) >= 11 is 0. The Morgan fingerprint density at radius 3 is 2.15 bits per heavy atom. The van der Waals surface area contributed by atoms with E-state index in [-0.39, 0.29) is 5.41 Å². The summed E-state index contributed by atoms with van der Waals surface area (Å²) in [6.07, 6.45) is 4.41. The molecule has 0 N–H and O–H groups in total. The topological polar surface area (TPSA) is 9.23 Å². The largest absolute Gasteiger partial charge is 0.545 e. The molecular formula is C10H20OSi2. The van der Waals surface area contributed by atoms with Gasteiger partial charge in [-0.2, -0.15) is 0 Å². The summed E-state index contributed by atoms with van der Waals surface area (Å²) in [5.74, 6) is 1.16. The predicted octanol–water partition coefficient (Wildman–Crippen LogP) is 2.01. The SMILES string of the molecule is CC1(C)C=CC(O[Si](C)(C)C)=C1[SiH3]. The van der Waals surface area contributed by atoms with Gasteiger partial charge in [-0.15, -0.1) is 0 Å². The molecule has 0 fully saturated rings. The summed E-state index contributed by atoms with van der Waals surface area (Å²) in [7, 11) is -0.311. The second-order valence-electron chi connectivity index (χ2n) is 5.26. The van der Waals surface area contributed by atoms with E-state index in [0.717, 1.165) is 16.0 Å². The van der Waals surface area contributed by atoms with Crippen molar-refractivity contribution in [1.82, 2.24) is 0 Å². The highest BCUT2D eigenvalue weighted by atomic mass is 28.4. The van der Waals surface area contributed by atoms with Crippen molar-refractivity contribution < 1.29 is 4.43 Å². The van der Waals surface area contributed by atoms with Crippen LogP contribution in [0.5, 0.6) is 0 Å². The van der Waals surface area contributed by atoms with E-state index in [0.29, 0.717) is 0 Å². The van der Waals surface area contributed by atoms with Crippen molar-refractivity contribution in [2.75, 3.05) is 0 Å². The van der Waals surface area contributed by atoms with Gasteiger partial charge in [-0.1, -0.05) is 19.9 Å². The van der Waals surface area contributed by atoms with Crippen molar-refractivity contribution in [2.24, 2.45) is 5.41 Å². The van der Waals surface area contributed by atoms with Crippen LogP contribution in [0, 0.1) is 5.41 Å². The van der Waals surface area contributed by atoms with Gasteiger partial charge in [0.05, 0.1) is 5.76 Å². The van der Waals surface area contributed by atoms with E-state index in [4.69, 9.17) is 4.43 Å². The van der Waals surface area contributed by atoms with Crippen LogP contribution in [0.4, 0.5) is 0 Å². The molecule has 0 aromatic rings. The highest BCUT2D eigenvalue weighted by Crippen LogP contribution is 2.35. The maximum atomic E-state index is 6.01. The van der Waals surface area contributed by atoms with E-state index >= 15 is 0 Å². The summed E-state index contributed by atoms with van der Waals surface area (Å²) in [6.45, 7) is 11.2. The quantitative estimate of drug-likeness (QED) is 0.636. The van der Waals surface area contributed by atoms with Crippen LogP contribution < -0.4 is 0 Å². The molecule has 0 unspecified atom stereocenters. The van der Waals surface area contributed by atoms with Crippen LogP contribution in [-0.4, -0.2) is 18.6 Å². The molecule has 3 heteroatoms. The number of hydrogen-bond donors (Lipinski definition) is 0. The first kappa shape index (κ1) is 10.8. The highest BCUT2D eigenvalue weighted by Gasteiger charge is 2.27. The fraction of sp³-hybridized carbons (Fsp3) is 0.600. The first-order valence-electron chi connectivity index (χ1n) is 4.82.